The number of hydrogen-bond acceptors (Lipinski definition) is 2. The third kappa shape index (κ3) is 3.14. The van der Waals surface area contributed by atoms with Gasteiger partial charge in [-0.2, -0.15) is 0 Å². The highest BCUT2D eigenvalue weighted by Gasteiger charge is 2.16. The van der Waals surface area contributed by atoms with Crippen LogP contribution in [0, 0.1) is 0 Å². The van der Waals surface area contributed by atoms with Crippen LogP contribution in [0.3, 0.4) is 0 Å². The van der Waals surface area contributed by atoms with E-state index in [0.29, 0.717) is 0 Å². The molecule has 0 radical (unpaired) electrons. The molecule has 0 unspecified atom stereocenters. The molecule has 10 aromatic rings. The summed E-state index contributed by atoms with van der Waals surface area (Å²) in [4.78, 5) is 10.4. The molecule has 0 N–H and O–H groups in total. The molecule has 3 heteroatoms. The Balaban J connectivity index is 1.17. The fraction of sp³-hybridized carbons (Fsp3) is 0. The molecule has 0 aliphatic rings. The van der Waals surface area contributed by atoms with E-state index in [0.717, 1.165) is 44.6 Å². The van der Waals surface area contributed by atoms with E-state index >= 15 is 0 Å². The maximum atomic E-state index is 5.22. The van der Waals surface area contributed by atoms with Gasteiger partial charge in [-0.05, 0) is 68.0 Å². The molecule has 3 aromatic heterocycles. The van der Waals surface area contributed by atoms with Crippen molar-refractivity contribution in [2.75, 3.05) is 0 Å². The zero-order chi connectivity index (χ0) is 28.1. The number of hydrogen-bond donors (Lipinski definition) is 0. The summed E-state index contributed by atoms with van der Waals surface area (Å²) >= 11 is 0. The van der Waals surface area contributed by atoms with E-state index in [1.165, 1.54) is 48.6 Å². The van der Waals surface area contributed by atoms with Crippen molar-refractivity contribution in [1.29, 1.82) is 0 Å². The van der Waals surface area contributed by atoms with Gasteiger partial charge in [0.2, 0.25) is 0 Å². The molecular formula is C40H23N3. The van der Waals surface area contributed by atoms with Gasteiger partial charge in [0.05, 0.1) is 27.9 Å². The second-order valence-electron chi connectivity index (χ2n) is 11.4. The molecule has 3 heterocycles. The Morgan fingerprint density at radius 2 is 1.12 bits per heavy atom. The summed E-state index contributed by atoms with van der Waals surface area (Å²) < 4.78 is 2.30. The van der Waals surface area contributed by atoms with Crippen molar-refractivity contribution in [2.45, 2.75) is 0 Å². The zero-order valence-electron chi connectivity index (χ0n) is 23.1. The van der Waals surface area contributed by atoms with Gasteiger partial charge in [-0.1, -0.05) is 109 Å². The van der Waals surface area contributed by atoms with E-state index in [-0.39, 0.29) is 0 Å². The summed E-state index contributed by atoms with van der Waals surface area (Å²) in [5, 5.41) is 11.3. The van der Waals surface area contributed by atoms with Crippen molar-refractivity contribution in [3.05, 3.63) is 140 Å². The molecule has 10 rings (SSSR count). The topological polar surface area (TPSA) is 30.2 Å². The lowest BCUT2D eigenvalue weighted by Gasteiger charge is -2.14. The molecule has 3 nitrogen and oxygen atoms in total. The molecule has 0 atom stereocenters. The van der Waals surface area contributed by atoms with Crippen molar-refractivity contribution in [3.8, 4) is 22.5 Å². The molecule has 198 valence electrons. The molecule has 7 aromatic carbocycles. The third-order valence-electron chi connectivity index (χ3n) is 9.11. The van der Waals surface area contributed by atoms with Crippen LogP contribution in [0.15, 0.2) is 140 Å². The van der Waals surface area contributed by atoms with Gasteiger partial charge in [0.1, 0.15) is 5.65 Å². The van der Waals surface area contributed by atoms with Gasteiger partial charge in [-0.25, -0.2) is 9.97 Å². The molecule has 0 aliphatic carbocycles. The van der Waals surface area contributed by atoms with Crippen molar-refractivity contribution in [3.63, 3.8) is 0 Å². The van der Waals surface area contributed by atoms with Crippen molar-refractivity contribution >= 4 is 70.7 Å². The largest absolute Gasteiger partial charge is 0.292 e. The van der Waals surface area contributed by atoms with Gasteiger partial charge < -0.3 is 0 Å². The first kappa shape index (κ1) is 22.8. The number of benzene rings is 7. The minimum Gasteiger partial charge on any atom is -0.292 e. The summed E-state index contributed by atoms with van der Waals surface area (Å²) in [7, 11) is 0. The van der Waals surface area contributed by atoms with Crippen LogP contribution in [-0.4, -0.2) is 14.4 Å². The Labute approximate surface area is 246 Å². The average Bonchev–Trinajstić information content (AvgIpc) is 3.47. The van der Waals surface area contributed by atoms with E-state index in [1.807, 2.05) is 0 Å². The van der Waals surface area contributed by atoms with Crippen LogP contribution >= 0.6 is 0 Å². The first-order chi connectivity index (χ1) is 21.3. The summed E-state index contributed by atoms with van der Waals surface area (Å²) in [5.41, 5.74) is 8.35. The van der Waals surface area contributed by atoms with Crippen LogP contribution in [0.5, 0.6) is 0 Å². The Bertz CT molecular complexity index is 2720. The number of pyridine rings is 2. The van der Waals surface area contributed by atoms with E-state index in [1.54, 1.807) is 0 Å². The normalized spacial score (nSPS) is 12.2. The van der Waals surface area contributed by atoms with Crippen molar-refractivity contribution in [1.82, 2.24) is 14.4 Å². The van der Waals surface area contributed by atoms with Gasteiger partial charge in [0, 0.05) is 21.9 Å². The van der Waals surface area contributed by atoms with Crippen LogP contribution in [0.2, 0.25) is 0 Å². The summed E-state index contributed by atoms with van der Waals surface area (Å²) in [5.74, 6) is 0. The number of nitrogens with zero attached hydrogens (tertiary/aromatic N) is 3. The highest BCUT2D eigenvalue weighted by molar-refractivity contribution is 6.25. The molecule has 0 aliphatic heterocycles. The SMILES string of the molecule is c1cc(-c2ccc3c(c2)nc2c4ccccc4c4ccccc4n32)nc(-c2ccc3ccc4cccc5ccc2c3c45)c1. The van der Waals surface area contributed by atoms with E-state index in [4.69, 9.17) is 9.97 Å². The van der Waals surface area contributed by atoms with Crippen molar-refractivity contribution in [2.24, 2.45) is 0 Å². The number of imidazole rings is 1. The highest BCUT2D eigenvalue weighted by Crippen LogP contribution is 2.39. The fourth-order valence-corrected chi connectivity index (χ4v) is 7.18. The first-order valence-electron chi connectivity index (χ1n) is 14.7. The summed E-state index contributed by atoms with van der Waals surface area (Å²) in [6.45, 7) is 0. The molecule has 0 fully saturated rings. The molecule has 43 heavy (non-hydrogen) atoms. The van der Waals surface area contributed by atoms with Gasteiger partial charge in [0.25, 0.3) is 0 Å². The standard InChI is InChI=1S/C40H23N3/c1-2-11-32-28(9-1)30-10-3-4-14-36(30)43-37-22-19-27(23-35(37)42-40(32)43)33-12-6-13-34(41-33)29-20-17-26-16-15-24-7-5-8-25-18-21-31(29)39(26)38(24)25/h1-23H. The van der Waals surface area contributed by atoms with Crippen molar-refractivity contribution < 1.29 is 0 Å². The molecule has 0 saturated heterocycles. The molecule has 0 spiro atoms. The van der Waals surface area contributed by atoms with Crippen LogP contribution in [0.25, 0.3) is 93.2 Å². The molecule has 0 saturated carbocycles. The van der Waals surface area contributed by atoms with Gasteiger partial charge in [-0.3, -0.25) is 4.40 Å². The fourth-order valence-electron chi connectivity index (χ4n) is 7.18. The Morgan fingerprint density at radius 3 is 2.00 bits per heavy atom. The average molecular weight is 546 g/mol. The summed E-state index contributed by atoms with van der Waals surface area (Å²) in [6, 6.07) is 50.0. The lowest BCUT2D eigenvalue weighted by molar-refractivity contribution is 1.31. The van der Waals surface area contributed by atoms with Crippen LogP contribution in [0.1, 0.15) is 0 Å². The Kier molecular flexibility index (Phi) is 4.45. The molecule has 0 amide bonds. The lowest BCUT2D eigenvalue weighted by Crippen LogP contribution is -1.92. The molecule has 0 bridgehead atoms. The number of para-hydroxylation sites is 1. The van der Waals surface area contributed by atoms with E-state index in [9.17, 15) is 0 Å². The Morgan fingerprint density at radius 1 is 0.419 bits per heavy atom. The van der Waals surface area contributed by atoms with E-state index < -0.39 is 0 Å². The lowest BCUT2D eigenvalue weighted by atomic mass is 9.91. The number of fused-ring (bicyclic) bond motifs is 8. The highest BCUT2D eigenvalue weighted by atomic mass is 15.0. The van der Waals surface area contributed by atoms with Crippen LogP contribution < -0.4 is 0 Å². The second kappa shape index (κ2) is 8.37. The predicted molar refractivity (Wildman–Crippen MR) is 180 cm³/mol. The molecular weight excluding hydrogens is 522 g/mol. The zero-order valence-corrected chi connectivity index (χ0v) is 23.1. The van der Waals surface area contributed by atoms with E-state index in [2.05, 4.69) is 144 Å². The van der Waals surface area contributed by atoms with Crippen LogP contribution in [0.4, 0.5) is 0 Å². The second-order valence-corrected chi connectivity index (χ2v) is 11.4. The van der Waals surface area contributed by atoms with Crippen LogP contribution in [-0.2, 0) is 0 Å². The smallest absolute Gasteiger partial charge is 0.146 e. The maximum Gasteiger partial charge on any atom is 0.146 e. The quantitative estimate of drug-likeness (QED) is 0.202. The van der Waals surface area contributed by atoms with Gasteiger partial charge in [0.15, 0.2) is 0 Å². The number of rotatable bonds is 2. The first-order valence-corrected chi connectivity index (χ1v) is 14.7. The minimum absolute atomic E-state index is 0.942. The third-order valence-corrected chi connectivity index (χ3v) is 9.11. The van der Waals surface area contributed by atoms with Gasteiger partial charge >= 0.3 is 0 Å². The van der Waals surface area contributed by atoms with Gasteiger partial charge in [-0.15, -0.1) is 0 Å². The number of aromatic nitrogens is 3. The Hall–Kier alpha value is -5.80. The monoisotopic (exact) mass is 545 g/mol. The summed E-state index contributed by atoms with van der Waals surface area (Å²) in [6.07, 6.45) is 0. The minimum atomic E-state index is 0.942. The predicted octanol–water partition coefficient (Wildman–Crippen LogP) is 10.4. The maximum absolute atomic E-state index is 5.22.